The first-order valence-corrected chi connectivity index (χ1v) is 6.00. The first-order chi connectivity index (χ1) is 3.84. The Morgan fingerprint density at radius 3 is 2.88 bits per heavy atom. The van der Waals surface area contributed by atoms with Gasteiger partial charge < -0.3 is 0 Å². The summed E-state index contributed by atoms with van der Waals surface area (Å²) in [5.41, 5.74) is 0. The Bertz CT molecular complexity index is 105. The minimum absolute atomic E-state index is 0.152. The van der Waals surface area contributed by atoms with Gasteiger partial charge in [0.05, 0.1) is 0 Å². The zero-order chi connectivity index (χ0) is 5.98. The van der Waals surface area contributed by atoms with Gasteiger partial charge in [0, 0.05) is 0 Å². The van der Waals surface area contributed by atoms with Crippen molar-refractivity contribution in [2.75, 3.05) is 11.5 Å². The van der Waals surface area contributed by atoms with Crippen LogP contribution in [-0.4, -0.2) is 21.3 Å². The fourth-order valence-electron chi connectivity index (χ4n) is 0.772. The fourth-order valence-corrected chi connectivity index (χ4v) is 2.49. The summed E-state index contributed by atoms with van der Waals surface area (Å²) >= 11 is 0.152. The SMILES string of the molecule is C[I-][C@@H]1CCNC1=O. The molecule has 1 aliphatic rings. The Kier molecular flexibility index (Phi) is 2.10. The molecular weight excluding hydrogens is 217 g/mol. The van der Waals surface area contributed by atoms with Crippen molar-refractivity contribution >= 4 is 5.91 Å². The molecule has 48 valence electrons. The second kappa shape index (κ2) is 2.66. The van der Waals surface area contributed by atoms with Crippen molar-refractivity contribution in [3.63, 3.8) is 0 Å². The predicted octanol–water partition coefficient (Wildman–Crippen LogP) is -3.41. The van der Waals surface area contributed by atoms with E-state index in [0.29, 0.717) is 9.83 Å². The Labute approximate surface area is 59.3 Å². The van der Waals surface area contributed by atoms with E-state index in [2.05, 4.69) is 10.2 Å². The molecule has 0 radical (unpaired) electrons. The normalized spacial score (nSPS) is 28.6. The summed E-state index contributed by atoms with van der Waals surface area (Å²) in [5.74, 6) is 0.292. The topological polar surface area (TPSA) is 29.1 Å². The molecule has 2 nitrogen and oxygen atoms in total. The van der Waals surface area contributed by atoms with Gasteiger partial charge in [0.2, 0.25) is 0 Å². The minimum atomic E-state index is 0.152. The number of carbonyl (C=O) groups excluding carboxylic acids is 1. The summed E-state index contributed by atoms with van der Waals surface area (Å²) in [4.78, 5) is 12.9. The van der Waals surface area contributed by atoms with E-state index >= 15 is 0 Å². The van der Waals surface area contributed by atoms with Crippen LogP contribution in [0.25, 0.3) is 0 Å². The molecule has 1 aliphatic heterocycles. The van der Waals surface area contributed by atoms with Gasteiger partial charge >= 0.3 is 59.0 Å². The number of alkyl halides is 2. The van der Waals surface area contributed by atoms with Gasteiger partial charge in [0.25, 0.3) is 0 Å². The average molecular weight is 226 g/mol. The van der Waals surface area contributed by atoms with Crippen molar-refractivity contribution in [2.24, 2.45) is 0 Å². The molecule has 0 aromatic rings. The number of halogens is 1. The molecule has 1 atom stereocenters. The third kappa shape index (κ3) is 1.13. The molecule has 1 rings (SSSR count). The zero-order valence-corrected chi connectivity index (χ0v) is 6.94. The molecule has 3 heteroatoms. The van der Waals surface area contributed by atoms with Crippen molar-refractivity contribution < 1.29 is 26.0 Å². The van der Waals surface area contributed by atoms with Crippen LogP contribution in [0.15, 0.2) is 0 Å². The first kappa shape index (κ1) is 6.32. The van der Waals surface area contributed by atoms with Crippen LogP contribution in [0.2, 0.25) is 0 Å². The summed E-state index contributed by atoms with van der Waals surface area (Å²) in [6, 6.07) is 0. The summed E-state index contributed by atoms with van der Waals surface area (Å²) in [6.07, 6.45) is 1.09. The molecule has 0 aromatic carbocycles. The molecule has 1 amide bonds. The molecule has 1 heterocycles. The molecule has 0 aromatic heterocycles. The summed E-state index contributed by atoms with van der Waals surface area (Å²) in [5, 5.41) is 2.81. The van der Waals surface area contributed by atoms with Gasteiger partial charge in [0.1, 0.15) is 0 Å². The van der Waals surface area contributed by atoms with Gasteiger partial charge in [-0.1, -0.05) is 0 Å². The summed E-state index contributed by atoms with van der Waals surface area (Å²) in [7, 11) is 0. The second-order valence-corrected chi connectivity index (χ2v) is 4.51. The Balaban J connectivity index is 2.42. The maximum absolute atomic E-state index is 10.7. The average Bonchev–Trinajstić information content (AvgIpc) is 2.14. The van der Waals surface area contributed by atoms with Crippen molar-refractivity contribution in [2.45, 2.75) is 10.3 Å². The zero-order valence-electron chi connectivity index (χ0n) is 4.78. The van der Waals surface area contributed by atoms with Crippen LogP contribution in [0.3, 0.4) is 0 Å². The number of carbonyl (C=O) groups is 1. The van der Waals surface area contributed by atoms with Gasteiger partial charge in [-0.3, -0.25) is 0 Å². The number of nitrogens with one attached hydrogen (secondary N) is 1. The number of hydrogen-bond donors (Lipinski definition) is 1. The Morgan fingerprint density at radius 2 is 2.62 bits per heavy atom. The first-order valence-electron chi connectivity index (χ1n) is 2.60. The number of hydrogen-bond acceptors (Lipinski definition) is 1. The summed E-state index contributed by atoms with van der Waals surface area (Å²) < 4.78 is 0.425. The van der Waals surface area contributed by atoms with E-state index in [1.807, 2.05) is 0 Å². The molecule has 1 N–H and O–H groups in total. The number of rotatable bonds is 1. The van der Waals surface area contributed by atoms with Gasteiger partial charge in [-0.25, -0.2) is 0 Å². The number of amides is 1. The van der Waals surface area contributed by atoms with Crippen LogP contribution in [0.5, 0.6) is 0 Å². The quantitative estimate of drug-likeness (QED) is 0.366. The molecule has 0 bridgehead atoms. The van der Waals surface area contributed by atoms with Crippen LogP contribution < -0.4 is 26.5 Å². The van der Waals surface area contributed by atoms with E-state index in [0.717, 1.165) is 13.0 Å². The third-order valence-electron chi connectivity index (χ3n) is 1.24. The van der Waals surface area contributed by atoms with E-state index in [1.54, 1.807) is 0 Å². The predicted molar refractivity (Wildman–Crippen MR) is 27.3 cm³/mol. The fraction of sp³-hybridized carbons (Fsp3) is 0.800. The van der Waals surface area contributed by atoms with Crippen molar-refractivity contribution in [3.8, 4) is 0 Å². The van der Waals surface area contributed by atoms with Crippen LogP contribution in [0, 0.1) is 0 Å². The molecule has 0 aliphatic carbocycles. The van der Waals surface area contributed by atoms with Gasteiger partial charge in [0.15, 0.2) is 0 Å². The molecule has 0 spiro atoms. The second-order valence-electron chi connectivity index (χ2n) is 1.77. The van der Waals surface area contributed by atoms with Crippen molar-refractivity contribution in [3.05, 3.63) is 0 Å². The van der Waals surface area contributed by atoms with Gasteiger partial charge in [-0.15, -0.1) is 0 Å². The van der Waals surface area contributed by atoms with E-state index in [-0.39, 0.29) is 21.2 Å². The Hall–Kier alpha value is 0.200. The molecule has 0 saturated carbocycles. The van der Waals surface area contributed by atoms with Crippen LogP contribution in [0.1, 0.15) is 6.42 Å². The van der Waals surface area contributed by atoms with E-state index in [9.17, 15) is 4.79 Å². The summed E-state index contributed by atoms with van der Waals surface area (Å²) in [6.45, 7) is 0.914. The van der Waals surface area contributed by atoms with Crippen LogP contribution in [0.4, 0.5) is 0 Å². The van der Waals surface area contributed by atoms with Gasteiger partial charge in [-0.05, 0) is 0 Å². The van der Waals surface area contributed by atoms with E-state index in [1.165, 1.54) is 0 Å². The van der Waals surface area contributed by atoms with Crippen LogP contribution in [-0.2, 0) is 4.79 Å². The Morgan fingerprint density at radius 1 is 1.88 bits per heavy atom. The van der Waals surface area contributed by atoms with E-state index in [4.69, 9.17) is 0 Å². The monoisotopic (exact) mass is 226 g/mol. The standard InChI is InChI=1S/C5H9INO/c1-6-4-2-3-7-5(4)8/h4H,2-3H2,1H3,(H,7,8)/q-1/t4-/m1/s1. The third-order valence-corrected chi connectivity index (χ3v) is 3.94. The van der Waals surface area contributed by atoms with Crippen molar-refractivity contribution in [1.82, 2.24) is 5.32 Å². The van der Waals surface area contributed by atoms with Crippen molar-refractivity contribution in [1.29, 1.82) is 0 Å². The molecular formula is C5H9INO-. The van der Waals surface area contributed by atoms with E-state index < -0.39 is 0 Å². The van der Waals surface area contributed by atoms with Crippen LogP contribution >= 0.6 is 0 Å². The molecule has 1 saturated heterocycles. The maximum atomic E-state index is 10.7. The molecule has 8 heavy (non-hydrogen) atoms. The molecule has 1 fully saturated rings. The molecule has 0 unspecified atom stereocenters. The van der Waals surface area contributed by atoms with Gasteiger partial charge in [-0.2, -0.15) is 0 Å².